The van der Waals surface area contributed by atoms with E-state index in [-0.39, 0.29) is 0 Å². The van der Waals surface area contributed by atoms with E-state index in [2.05, 4.69) is 62.1 Å². The number of nitrogens with zero attached hydrogens (tertiary/aromatic N) is 5. The highest BCUT2D eigenvalue weighted by molar-refractivity contribution is 5.31. The van der Waals surface area contributed by atoms with Gasteiger partial charge in [-0.2, -0.15) is 5.10 Å². The van der Waals surface area contributed by atoms with Crippen molar-refractivity contribution in [1.29, 1.82) is 0 Å². The zero-order valence-electron chi connectivity index (χ0n) is 15.1. The first kappa shape index (κ1) is 16.7. The predicted octanol–water partition coefficient (Wildman–Crippen LogP) is 2.86. The van der Waals surface area contributed by atoms with Crippen molar-refractivity contribution in [2.75, 3.05) is 11.9 Å². The van der Waals surface area contributed by atoms with Crippen molar-refractivity contribution < 1.29 is 0 Å². The largest absolute Gasteiger partial charge is 0.363 e. The van der Waals surface area contributed by atoms with Gasteiger partial charge in [-0.05, 0) is 23.6 Å². The summed E-state index contributed by atoms with van der Waals surface area (Å²) in [6, 6.07) is 11.2. The Labute approximate surface area is 153 Å². The third kappa shape index (κ3) is 3.91. The highest BCUT2D eigenvalue weighted by atomic mass is 15.3. The van der Waals surface area contributed by atoms with Crippen LogP contribution in [0.1, 0.15) is 29.4 Å². The van der Waals surface area contributed by atoms with Gasteiger partial charge in [0.1, 0.15) is 5.82 Å². The number of hydrogen-bond donors (Lipinski definition) is 1. The molecule has 0 aliphatic carbocycles. The van der Waals surface area contributed by atoms with Crippen LogP contribution in [0.4, 0.5) is 5.82 Å². The Morgan fingerprint density at radius 1 is 1.08 bits per heavy atom. The second kappa shape index (κ2) is 7.66. The van der Waals surface area contributed by atoms with Gasteiger partial charge in [-0.25, -0.2) is 4.98 Å². The number of benzene rings is 1. The van der Waals surface area contributed by atoms with Gasteiger partial charge >= 0.3 is 0 Å². The summed E-state index contributed by atoms with van der Waals surface area (Å²) >= 11 is 0. The van der Waals surface area contributed by atoms with Gasteiger partial charge in [0.25, 0.3) is 0 Å². The molecule has 4 rings (SSSR count). The topological polar surface area (TPSA) is 58.9 Å². The van der Waals surface area contributed by atoms with Crippen molar-refractivity contribution in [2.24, 2.45) is 0 Å². The van der Waals surface area contributed by atoms with Crippen molar-refractivity contribution >= 4 is 5.82 Å². The molecule has 0 bridgehead atoms. The fourth-order valence-corrected chi connectivity index (χ4v) is 3.31. The van der Waals surface area contributed by atoms with Crippen molar-refractivity contribution in [1.82, 2.24) is 24.6 Å². The van der Waals surface area contributed by atoms with E-state index in [1.165, 1.54) is 16.8 Å². The molecule has 1 aromatic carbocycles. The van der Waals surface area contributed by atoms with Crippen molar-refractivity contribution in [3.05, 3.63) is 71.4 Å². The molecule has 26 heavy (non-hydrogen) atoms. The standard InChI is InChI=1S/C20H24N6/c1-2-16-3-5-17(6-4-16)14-25-9-10-26-19(15-25)11-18(24-26)12-23-20-13-21-7-8-22-20/h3-8,11,13H,2,9-10,12,14-15H2,1H3,(H,22,23). The molecule has 0 atom stereocenters. The summed E-state index contributed by atoms with van der Waals surface area (Å²) in [5.41, 5.74) is 5.09. The SMILES string of the molecule is CCc1ccc(CN2CCn3nc(CNc4cnccn4)cc3C2)cc1. The summed E-state index contributed by atoms with van der Waals surface area (Å²) in [7, 11) is 0. The molecule has 1 N–H and O–H groups in total. The van der Waals surface area contributed by atoms with Gasteiger partial charge in [-0.3, -0.25) is 14.6 Å². The van der Waals surface area contributed by atoms with Crippen LogP contribution in [0, 0.1) is 0 Å². The molecule has 3 aromatic rings. The van der Waals surface area contributed by atoms with Gasteiger partial charge in [0.15, 0.2) is 0 Å². The molecule has 2 aromatic heterocycles. The first-order chi connectivity index (χ1) is 12.8. The van der Waals surface area contributed by atoms with Gasteiger partial charge in [0.2, 0.25) is 0 Å². The van der Waals surface area contributed by atoms with Crippen molar-refractivity contribution in [3.8, 4) is 0 Å². The number of fused-ring (bicyclic) bond motifs is 1. The van der Waals surface area contributed by atoms with E-state index in [4.69, 9.17) is 5.10 Å². The summed E-state index contributed by atoms with van der Waals surface area (Å²) < 4.78 is 2.13. The minimum atomic E-state index is 0.664. The zero-order valence-corrected chi connectivity index (χ0v) is 15.1. The van der Waals surface area contributed by atoms with Crippen LogP contribution in [0.2, 0.25) is 0 Å². The van der Waals surface area contributed by atoms with Crippen LogP contribution in [0.3, 0.4) is 0 Å². The Morgan fingerprint density at radius 2 is 1.92 bits per heavy atom. The number of hydrogen-bond acceptors (Lipinski definition) is 5. The van der Waals surface area contributed by atoms with Gasteiger partial charge in [-0.15, -0.1) is 0 Å². The van der Waals surface area contributed by atoms with Crippen LogP contribution < -0.4 is 5.32 Å². The lowest BCUT2D eigenvalue weighted by Gasteiger charge is -2.27. The highest BCUT2D eigenvalue weighted by Gasteiger charge is 2.18. The molecule has 0 saturated carbocycles. The number of anilines is 1. The minimum absolute atomic E-state index is 0.664. The number of aryl methyl sites for hydroxylation is 1. The summed E-state index contributed by atoms with van der Waals surface area (Å²) in [4.78, 5) is 10.8. The Morgan fingerprint density at radius 3 is 2.69 bits per heavy atom. The number of rotatable bonds is 6. The maximum absolute atomic E-state index is 4.71. The lowest BCUT2D eigenvalue weighted by Crippen LogP contribution is -2.33. The van der Waals surface area contributed by atoms with Crippen LogP contribution in [0.5, 0.6) is 0 Å². The third-order valence-corrected chi connectivity index (χ3v) is 4.78. The fourth-order valence-electron chi connectivity index (χ4n) is 3.31. The van der Waals surface area contributed by atoms with E-state index >= 15 is 0 Å². The van der Waals surface area contributed by atoms with Crippen LogP contribution in [0.15, 0.2) is 48.9 Å². The molecule has 6 heteroatoms. The van der Waals surface area contributed by atoms with E-state index in [0.717, 1.165) is 44.1 Å². The summed E-state index contributed by atoms with van der Waals surface area (Å²) in [5, 5.41) is 7.98. The molecular weight excluding hydrogens is 324 g/mol. The van der Waals surface area contributed by atoms with Gasteiger partial charge in [0.05, 0.1) is 30.7 Å². The van der Waals surface area contributed by atoms with Gasteiger partial charge in [0, 0.05) is 32.0 Å². The normalized spacial score (nSPS) is 14.2. The highest BCUT2D eigenvalue weighted by Crippen LogP contribution is 2.17. The van der Waals surface area contributed by atoms with E-state index in [9.17, 15) is 0 Å². The van der Waals surface area contributed by atoms with E-state index < -0.39 is 0 Å². The smallest absolute Gasteiger partial charge is 0.144 e. The Bertz CT molecular complexity index is 840. The van der Waals surface area contributed by atoms with Crippen molar-refractivity contribution in [3.63, 3.8) is 0 Å². The molecular formula is C20H24N6. The molecule has 1 aliphatic rings. The van der Waals surface area contributed by atoms with Crippen LogP contribution in [0.25, 0.3) is 0 Å². The minimum Gasteiger partial charge on any atom is -0.363 e. The molecule has 134 valence electrons. The van der Waals surface area contributed by atoms with Crippen LogP contribution in [-0.4, -0.2) is 31.2 Å². The molecule has 0 radical (unpaired) electrons. The summed E-state index contributed by atoms with van der Waals surface area (Å²) in [6.45, 7) is 6.75. The number of aromatic nitrogens is 4. The number of nitrogens with one attached hydrogen (secondary N) is 1. The Hall–Kier alpha value is -2.73. The molecule has 0 unspecified atom stereocenters. The molecule has 6 nitrogen and oxygen atoms in total. The predicted molar refractivity (Wildman–Crippen MR) is 102 cm³/mol. The summed E-state index contributed by atoms with van der Waals surface area (Å²) in [5.74, 6) is 0.774. The summed E-state index contributed by atoms with van der Waals surface area (Å²) in [6.07, 6.45) is 6.17. The Kier molecular flexibility index (Phi) is 4.93. The lowest BCUT2D eigenvalue weighted by molar-refractivity contribution is 0.205. The second-order valence-electron chi connectivity index (χ2n) is 6.68. The van der Waals surface area contributed by atoms with E-state index in [0.29, 0.717) is 6.54 Å². The lowest BCUT2D eigenvalue weighted by atomic mass is 10.1. The molecule has 0 fully saturated rings. The average molecular weight is 348 g/mol. The first-order valence-corrected chi connectivity index (χ1v) is 9.16. The molecule has 3 heterocycles. The average Bonchev–Trinajstić information content (AvgIpc) is 3.10. The quantitative estimate of drug-likeness (QED) is 0.742. The first-order valence-electron chi connectivity index (χ1n) is 9.16. The maximum atomic E-state index is 4.71. The zero-order chi connectivity index (χ0) is 17.8. The molecule has 0 amide bonds. The van der Waals surface area contributed by atoms with Crippen molar-refractivity contribution in [2.45, 2.75) is 39.5 Å². The maximum Gasteiger partial charge on any atom is 0.144 e. The monoisotopic (exact) mass is 348 g/mol. The van der Waals surface area contributed by atoms with E-state index in [1.54, 1.807) is 18.6 Å². The van der Waals surface area contributed by atoms with Gasteiger partial charge in [-0.1, -0.05) is 31.2 Å². The van der Waals surface area contributed by atoms with Crippen LogP contribution in [-0.2, 0) is 32.6 Å². The van der Waals surface area contributed by atoms with Gasteiger partial charge < -0.3 is 5.32 Å². The molecule has 1 aliphatic heterocycles. The Balaban J connectivity index is 1.36. The van der Waals surface area contributed by atoms with E-state index in [1.807, 2.05) is 0 Å². The molecule has 0 saturated heterocycles. The fraction of sp³-hybridized carbons (Fsp3) is 0.350. The third-order valence-electron chi connectivity index (χ3n) is 4.78. The molecule has 0 spiro atoms. The second-order valence-corrected chi connectivity index (χ2v) is 6.68. The van der Waals surface area contributed by atoms with Crippen LogP contribution >= 0.6 is 0 Å².